The summed E-state index contributed by atoms with van der Waals surface area (Å²) in [4.78, 5) is 13.4. The Balaban J connectivity index is 3.93. The summed E-state index contributed by atoms with van der Waals surface area (Å²) in [6.45, 7) is 5.46. The lowest BCUT2D eigenvalue weighted by Crippen LogP contribution is -2.46. The number of amides is 1. The van der Waals surface area contributed by atoms with Crippen LogP contribution in [0.1, 0.15) is 13.8 Å². The fourth-order valence-electron chi connectivity index (χ4n) is 1.33. The molecule has 0 saturated carbocycles. The third kappa shape index (κ3) is 7.21. The van der Waals surface area contributed by atoms with Crippen molar-refractivity contribution in [2.45, 2.75) is 19.9 Å². The minimum absolute atomic E-state index is 0.0700. The van der Waals surface area contributed by atoms with Crippen molar-refractivity contribution >= 4 is 5.91 Å². The Hall–Kier alpha value is -1.12. The van der Waals surface area contributed by atoms with E-state index >= 15 is 0 Å². The first kappa shape index (κ1) is 14.9. The Morgan fingerprint density at radius 3 is 2.50 bits per heavy atom. The van der Waals surface area contributed by atoms with Gasteiger partial charge in [0.15, 0.2) is 0 Å². The van der Waals surface area contributed by atoms with Crippen LogP contribution in [0.25, 0.3) is 0 Å². The summed E-state index contributed by atoms with van der Waals surface area (Å²) in [5.74, 6) is 0.331. The van der Waals surface area contributed by atoms with Crippen molar-refractivity contribution in [2.24, 2.45) is 5.92 Å². The number of carbonyl (C=O) groups is 1. The highest BCUT2D eigenvalue weighted by Crippen LogP contribution is 2.01. The van der Waals surface area contributed by atoms with E-state index in [0.717, 1.165) is 6.54 Å². The van der Waals surface area contributed by atoms with E-state index in [1.54, 1.807) is 0 Å². The molecule has 0 aromatic carbocycles. The Kier molecular flexibility index (Phi) is 7.52. The topological polar surface area (TPSA) is 68.2 Å². The van der Waals surface area contributed by atoms with E-state index in [4.69, 9.17) is 5.26 Å². The molecule has 0 fully saturated rings. The summed E-state index contributed by atoms with van der Waals surface area (Å²) in [5.41, 5.74) is 0. The average molecular weight is 226 g/mol. The lowest BCUT2D eigenvalue weighted by molar-refractivity contribution is -0.120. The molecule has 0 aliphatic carbocycles. The summed E-state index contributed by atoms with van der Waals surface area (Å²) in [5, 5.41) is 14.0. The molecule has 0 spiro atoms. The fourth-order valence-corrected chi connectivity index (χ4v) is 1.33. The SMILES string of the molecule is CC(C)C(CN(C)C)NCC(=O)NCC#N. The predicted molar refractivity (Wildman–Crippen MR) is 63.8 cm³/mol. The zero-order valence-corrected chi connectivity index (χ0v) is 10.6. The van der Waals surface area contributed by atoms with Crippen LogP contribution in [0.5, 0.6) is 0 Å². The number of likely N-dealkylation sites (N-methyl/N-ethyl adjacent to an activating group) is 1. The number of rotatable bonds is 7. The van der Waals surface area contributed by atoms with Crippen LogP contribution in [0.3, 0.4) is 0 Å². The van der Waals surface area contributed by atoms with E-state index in [1.165, 1.54) is 0 Å². The van der Waals surface area contributed by atoms with E-state index in [1.807, 2.05) is 20.2 Å². The fraction of sp³-hybridized carbons (Fsp3) is 0.818. The molecular weight excluding hydrogens is 204 g/mol. The van der Waals surface area contributed by atoms with E-state index in [2.05, 4.69) is 29.4 Å². The molecular formula is C11H22N4O. The third-order valence-electron chi connectivity index (χ3n) is 2.26. The number of hydrogen-bond acceptors (Lipinski definition) is 4. The summed E-state index contributed by atoms with van der Waals surface area (Å²) >= 11 is 0. The third-order valence-corrected chi connectivity index (χ3v) is 2.26. The molecule has 5 nitrogen and oxygen atoms in total. The normalized spacial score (nSPS) is 12.6. The van der Waals surface area contributed by atoms with Gasteiger partial charge in [0, 0.05) is 12.6 Å². The van der Waals surface area contributed by atoms with Gasteiger partial charge in [-0.15, -0.1) is 0 Å². The van der Waals surface area contributed by atoms with Gasteiger partial charge >= 0.3 is 0 Å². The molecule has 2 N–H and O–H groups in total. The summed E-state index contributed by atoms with van der Waals surface area (Å²) in [7, 11) is 4.01. The van der Waals surface area contributed by atoms with Crippen LogP contribution in [-0.2, 0) is 4.79 Å². The largest absolute Gasteiger partial charge is 0.342 e. The van der Waals surface area contributed by atoms with Crippen LogP contribution in [0, 0.1) is 17.2 Å². The van der Waals surface area contributed by atoms with Crippen LogP contribution in [-0.4, -0.2) is 50.6 Å². The van der Waals surface area contributed by atoms with Crippen LogP contribution in [0.2, 0.25) is 0 Å². The molecule has 1 atom stereocenters. The lowest BCUT2D eigenvalue weighted by atomic mass is 10.0. The van der Waals surface area contributed by atoms with E-state index < -0.39 is 0 Å². The first-order chi connectivity index (χ1) is 7.47. The molecule has 1 unspecified atom stereocenters. The second kappa shape index (κ2) is 8.08. The maximum atomic E-state index is 11.3. The van der Waals surface area contributed by atoms with Crippen molar-refractivity contribution < 1.29 is 4.79 Å². The molecule has 16 heavy (non-hydrogen) atoms. The van der Waals surface area contributed by atoms with Crippen molar-refractivity contribution in [1.29, 1.82) is 5.26 Å². The smallest absolute Gasteiger partial charge is 0.234 e. The second-order valence-electron chi connectivity index (χ2n) is 4.43. The molecule has 0 rings (SSSR count). The highest BCUT2D eigenvalue weighted by molar-refractivity contribution is 5.78. The maximum Gasteiger partial charge on any atom is 0.234 e. The highest BCUT2D eigenvalue weighted by Gasteiger charge is 2.14. The molecule has 0 aliphatic rings. The Morgan fingerprint density at radius 2 is 2.06 bits per heavy atom. The zero-order chi connectivity index (χ0) is 12.6. The highest BCUT2D eigenvalue weighted by atomic mass is 16.1. The van der Waals surface area contributed by atoms with Gasteiger partial charge in [0.1, 0.15) is 6.54 Å². The van der Waals surface area contributed by atoms with Crippen LogP contribution in [0.4, 0.5) is 0 Å². The minimum Gasteiger partial charge on any atom is -0.342 e. The van der Waals surface area contributed by atoms with Crippen molar-refractivity contribution in [3.05, 3.63) is 0 Å². The number of nitriles is 1. The number of nitrogens with one attached hydrogen (secondary N) is 2. The predicted octanol–water partition coefficient (Wildman–Crippen LogP) is -0.198. The first-order valence-corrected chi connectivity index (χ1v) is 5.49. The first-order valence-electron chi connectivity index (χ1n) is 5.49. The van der Waals surface area contributed by atoms with Crippen molar-refractivity contribution in [3.63, 3.8) is 0 Å². The van der Waals surface area contributed by atoms with Gasteiger partial charge in [-0.3, -0.25) is 4.79 Å². The van der Waals surface area contributed by atoms with Gasteiger partial charge in [-0.05, 0) is 20.0 Å². The Labute approximate surface area is 97.8 Å². The van der Waals surface area contributed by atoms with Gasteiger partial charge in [0.25, 0.3) is 0 Å². The maximum absolute atomic E-state index is 11.3. The van der Waals surface area contributed by atoms with Crippen LogP contribution < -0.4 is 10.6 Å². The second-order valence-corrected chi connectivity index (χ2v) is 4.43. The van der Waals surface area contributed by atoms with Gasteiger partial charge < -0.3 is 15.5 Å². The number of hydrogen-bond donors (Lipinski definition) is 2. The summed E-state index contributed by atoms with van der Waals surface area (Å²) in [6, 6.07) is 2.15. The van der Waals surface area contributed by atoms with Crippen molar-refractivity contribution in [3.8, 4) is 6.07 Å². The van der Waals surface area contributed by atoms with Gasteiger partial charge in [-0.2, -0.15) is 5.26 Å². The van der Waals surface area contributed by atoms with Crippen molar-refractivity contribution in [2.75, 3.05) is 33.7 Å². The molecule has 0 aliphatic heterocycles. The molecule has 0 bridgehead atoms. The van der Waals surface area contributed by atoms with Crippen molar-refractivity contribution in [1.82, 2.24) is 15.5 Å². The van der Waals surface area contributed by atoms with E-state index in [-0.39, 0.29) is 25.0 Å². The van der Waals surface area contributed by atoms with Gasteiger partial charge in [-0.1, -0.05) is 13.8 Å². The van der Waals surface area contributed by atoms with Crippen LogP contribution in [0.15, 0.2) is 0 Å². The summed E-state index contributed by atoms with van der Waals surface area (Å²) < 4.78 is 0. The lowest BCUT2D eigenvalue weighted by Gasteiger charge is -2.25. The van der Waals surface area contributed by atoms with E-state index in [0.29, 0.717) is 5.92 Å². The molecule has 0 aromatic heterocycles. The molecule has 0 radical (unpaired) electrons. The Bertz CT molecular complexity index is 245. The van der Waals surface area contributed by atoms with Crippen LogP contribution >= 0.6 is 0 Å². The minimum atomic E-state index is -0.133. The average Bonchev–Trinajstić information content (AvgIpc) is 2.20. The monoisotopic (exact) mass is 226 g/mol. The summed E-state index contributed by atoms with van der Waals surface area (Å²) in [6.07, 6.45) is 0. The van der Waals surface area contributed by atoms with Gasteiger partial charge in [0.2, 0.25) is 5.91 Å². The molecule has 0 saturated heterocycles. The molecule has 0 aromatic rings. The van der Waals surface area contributed by atoms with Gasteiger partial charge in [-0.25, -0.2) is 0 Å². The molecule has 0 heterocycles. The quantitative estimate of drug-likeness (QED) is 0.590. The number of nitrogens with zero attached hydrogens (tertiary/aromatic N) is 2. The Morgan fingerprint density at radius 1 is 1.44 bits per heavy atom. The molecule has 92 valence electrons. The molecule has 5 heteroatoms. The zero-order valence-electron chi connectivity index (χ0n) is 10.6. The van der Waals surface area contributed by atoms with Gasteiger partial charge in [0.05, 0.1) is 12.6 Å². The standard InChI is InChI=1S/C11H22N4O/c1-9(2)10(8-15(3)4)14-7-11(16)13-6-5-12/h9-10,14H,6-8H2,1-4H3,(H,13,16). The number of carbonyl (C=O) groups excluding carboxylic acids is 1. The molecule has 1 amide bonds. The van der Waals surface area contributed by atoms with E-state index in [9.17, 15) is 4.79 Å².